The first-order chi connectivity index (χ1) is 38.6. The third-order valence-corrected chi connectivity index (χ3v) is 14.4. The van der Waals surface area contributed by atoms with Gasteiger partial charge in [-0.25, -0.2) is 0 Å². The Labute approximate surface area is 565 Å². The van der Waals surface area contributed by atoms with E-state index in [9.17, 15) is 30.6 Å². The zero-order chi connectivity index (χ0) is 62.2. The van der Waals surface area contributed by atoms with Gasteiger partial charge in [0.1, 0.15) is 0 Å². The number of nitrogens with zero attached hydrogens (tertiary/aromatic N) is 8. The number of nitrogens with two attached hydrogens (primary N) is 2. The Morgan fingerprint density at radius 3 is 1.13 bits per heavy atom. The Morgan fingerprint density at radius 1 is 0.518 bits per heavy atom. The van der Waals surface area contributed by atoms with Gasteiger partial charge in [0.2, 0.25) is 0 Å². The van der Waals surface area contributed by atoms with Crippen molar-refractivity contribution in [3.05, 3.63) is 12.2 Å². The van der Waals surface area contributed by atoms with Crippen molar-refractivity contribution in [2.45, 2.75) is 210 Å². The van der Waals surface area contributed by atoms with Gasteiger partial charge >= 0.3 is 0 Å². The fourth-order valence-corrected chi connectivity index (χ4v) is 7.62. The van der Waals surface area contributed by atoms with Crippen molar-refractivity contribution < 1.29 is 101 Å². The van der Waals surface area contributed by atoms with Crippen LogP contribution in [-0.2, 0) is 70.2 Å². The van der Waals surface area contributed by atoms with Crippen LogP contribution in [0.4, 0.5) is 0 Å². The molecule has 2 radical (unpaired) electrons. The molecule has 0 bridgehead atoms. The number of hydrogen-bond donors (Lipinski definition) is 9. The van der Waals surface area contributed by atoms with E-state index in [1.807, 2.05) is 41.5 Å². The van der Waals surface area contributed by atoms with E-state index in [1.54, 1.807) is 0 Å². The van der Waals surface area contributed by atoms with E-state index in [-0.39, 0.29) is 102 Å². The van der Waals surface area contributed by atoms with Gasteiger partial charge in [0.15, 0.2) is 0 Å². The molecule has 20 heteroatoms. The monoisotopic (exact) mass is 1340 g/mol. The van der Waals surface area contributed by atoms with Crippen LogP contribution in [0.1, 0.15) is 167 Å². The first-order valence-corrected chi connectivity index (χ1v) is 32.8. The molecule has 18 nitrogen and oxygen atoms in total. The van der Waals surface area contributed by atoms with E-state index in [2.05, 4.69) is 114 Å². The zero-order valence-electron chi connectivity index (χ0n) is 57.3. The van der Waals surface area contributed by atoms with E-state index in [1.165, 1.54) is 39.1 Å². The number of aliphatic hydroxyl groups is 6. The fraction of sp³-hybridized carbons (Fsp3) is 0.984. The summed E-state index contributed by atoms with van der Waals surface area (Å²) in [5.74, 6) is 1.33. The molecule has 0 amide bonds. The van der Waals surface area contributed by atoms with Crippen LogP contribution >= 0.6 is 0 Å². The SMILES string of the molecule is CCC(O)CN(CCC(C)C)CC(O)CC.CCC(O)CN(CCC(C)C)CC(O)CC.CCC(O)C[N-]CCN(CCN1CCN(C)CC1)CC(O)CC.CCC1CO1.CCCN.CCCN.[CH2-]CCNCCN1CCN(C)CC1.[Y].[Y]. The first-order valence-electron chi connectivity index (χ1n) is 32.8. The summed E-state index contributed by atoms with van der Waals surface area (Å²) in [5.41, 5.74) is 10.1. The molecule has 7 atom stereocenters. The molecule has 7 unspecified atom stereocenters. The summed E-state index contributed by atoms with van der Waals surface area (Å²) < 4.78 is 4.86. The Balaban J connectivity index is -0.000000223. The number of hydrogen-bond acceptors (Lipinski definition) is 17. The minimum Gasteiger partial charge on any atom is -0.659 e. The Hall–Kier alpha value is 1.49. The number of nitrogens with one attached hydrogen (secondary N) is 1. The van der Waals surface area contributed by atoms with Crippen LogP contribution in [0.3, 0.4) is 0 Å². The van der Waals surface area contributed by atoms with Crippen LogP contribution in [0.2, 0.25) is 0 Å². The van der Waals surface area contributed by atoms with Gasteiger partial charge in [-0.1, -0.05) is 90.0 Å². The average molecular weight is 1340 g/mol. The molecule has 3 heterocycles. The van der Waals surface area contributed by atoms with Gasteiger partial charge in [-0.15, -0.1) is 13.1 Å². The fourth-order valence-electron chi connectivity index (χ4n) is 7.62. The van der Waals surface area contributed by atoms with Gasteiger partial charge in [0.25, 0.3) is 0 Å². The second-order valence-electron chi connectivity index (χ2n) is 23.5. The first kappa shape index (κ1) is 95.6. The molecule has 0 aromatic rings. The molecular weight excluding hydrogens is 1200 g/mol. The van der Waals surface area contributed by atoms with Crippen molar-refractivity contribution >= 4 is 0 Å². The van der Waals surface area contributed by atoms with E-state index < -0.39 is 0 Å². The number of epoxide rings is 1. The normalized spacial score (nSPS) is 17.7. The molecule has 0 spiro atoms. The molecule has 3 saturated heterocycles. The summed E-state index contributed by atoms with van der Waals surface area (Å²) in [6.45, 7) is 55.7. The number of aliphatic hydroxyl groups excluding tert-OH is 6. The Kier molecular flexibility index (Phi) is 79.9. The average Bonchev–Trinajstić information content (AvgIpc) is 4.33. The summed E-state index contributed by atoms with van der Waals surface area (Å²) in [7, 11) is 4.37. The molecular formula is C63H143N11O7Y2-2. The van der Waals surface area contributed by atoms with E-state index >= 15 is 0 Å². The maximum atomic E-state index is 9.95. The zero-order valence-corrected chi connectivity index (χ0v) is 62.9. The summed E-state index contributed by atoms with van der Waals surface area (Å²) in [5, 5.41) is 65.9. The number of rotatable bonds is 38. The van der Waals surface area contributed by atoms with Crippen molar-refractivity contribution in [3.8, 4) is 0 Å². The van der Waals surface area contributed by atoms with Gasteiger partial charge < -0.3 is 79.1 Å². The molecule has 3 aliphatic heterocycles. The van der Waals surface area contributed by atoms with Gasteiger partial charge in [0, 0.05) is 183 Å². The summed E-state index contributed by atoms with van der Waals surface area (Å²) in [4.78, 5) is 16.5. The minimum atomic E-state index is -0.310. The summed E-state index contributed by atoms with van der Waals surface area (Å²) in [6, 6.07) is 0. The third kappa shape index (κ3) is 70.8. The standard InChI is InChI=1S/C17H37N4O2.2C13H29NO2.C10H22N3.C4H8O.2C3H9N.2Y/c1-4-16(22)14-18-6-7-21(15-17(23)5-2)13-12-20-10-8-19(3)9-11-20;2*1-5-12(15)9-14(8-7-11(3)4)10-13(16)6-2;1-3-4-11-5-6-13-9-7-12(2)8-10-13;1-2-4-3-5-4;2*1-2-3-4;;/h16-17,22-23H,4-15H2,1-3H3;2*11-13,15-16H,5-10H2,1-4H3;11H,1,3-10H2,2H3;4H,2-3H2,1H3;2*2-4H2,1H3;;/q-1;;;-1;;;;;. The van der Waals surface area contributed by atoms with Crippen LogP contribution in [0, 0.1) is 18.8 Å². The largest absolute Gasteiger partial charge is 0.659 e. The molecule has 3 aliphatic rings. The van der Waals surface area contributed by atoms with Crippen molar-refractivity contribution in [2.24, 2.45) is 23.3 Å². The number of ether oxygens (including phenoxy) is 1. The van der Waals surface area contributed by atoms with Crippen molar-refractivity contribution in [3.63, 3.8) is 0 Å². The van der Waals surface area contributed by atoms with Crippen LogP contribution < -0.4 is 16.8 Å². The van der Waals surface area contributed by atoms with Crippen LogP contribution in [-0.4, -0.2) is 292 Å². The second-order valence-corrected chi connectivity index (χ2v) is 23.5. The van der Waals surface area contributed by atoms with Gasteiger partial charge in [-0.3, -0.25) is 19.6 Å². The number of piperazine rings is 2. The van der Waals surface area contributed by atoms with E-state index in [0.717, 1.165) is 175 Å². The Bertz CT molecular complexity index is 1150. The number of likely N-dealkylation sites (N-methyl/N-ethyl adjacent to an activating group) is 2. The smallest absolute Gasteiger partial charge is 0.0807 e. The van der Waals surface area contributed by atoms with Gasteiger partial charge in [-0.05, 0) is 136 Å². The molecule has 0 saturated carbocycles. The quantitative estimate of drug-likeness (QED) is 0.0203. The molecule has 11 N–H and O–H groups in total. The van der Waals surface area contributed by atoms with Crippen molar-refractivity contribution in [2.75, 3.05) is 184 Å². The topological polar surface area (TPSA) is 235 Å². The molecule has 0 aromatic carbocycles. The molecule has 3 rings (SSSR count). The van der Waals surface area contributed by atoms with Gasteiger partial charge in [-0.2, -0.15) is 6.42 Å². The maximum Gasteiger partial charge on any atom is 0.0807 e. The predicted molar refractivity (Wildman–Crippen MR) is 349 cm³/mol. The van der Waals surface area contributed by atoms with E-state index in [0.29, 0.717) is 50.7 Å². The maximum absolute atomic E-state index is 9.95. The van der Waals surface area contributed by atoms with Gasteiger partial charge in [0.05, 0.1) is 43.2 Å². The second kappa shape index (κ2) is 69.4. The van der Waals surface area contributed by atoms with E-state index in [4.69, 9.17) is 16.2 Å². The Morgan fingerprint density at radius 2 is 0.855 bits per heavy atom. The molecule has 500 valence electrons. The van der Waals surface area contributed by atoms with Crippen LogP contribution in [0.15, 0.2) is 0 Å². The third-order valence-electron chi connectivity index (χ3n) is 14.4. The predicted octanol–water partition coefficient (Wildman–Crippen LogP) is 5.75. The van der Waals surface area contributed by atoms with Crippen LogP contribution in [0.5, 0.6) is 0 Å². The molecule has 3 fully saturated rings. The minimum absolute atomic E-state index is 0. The summed E-state index contributed by atoms with van der Waals surface area (Å²) >= 11 is 0. The molecule has 0 aromatic heterocycles. The summed E-state index contributed by atoms with van der Waals surface area (Å²) in [6.07, 6.45) is 10.3. The molecule has 83 heavy (non-hydrogen) atoms. The van der Waals surface area contributed by atoms with Crippen LogP contribution in [0.25, 0.3) is 5.32 Å². The van der Waals surface area contributed by atoms with Crippen molar-refractivity contribution in [1.82, 2.24) is 39.6 Å². The molecule has 0 aliphatic carbocycles. The van der Waals surface area contributed by atoms with Crippen molar-refractivity contribution in [1.29, 1.82) is 0 Å².